The number of sulfonamides is 1. The summed E-state index contributed by atoms with van der Waals surface area (Å²) in [7, 11) is -4.14. The number of hydrogen-bond donors (Lipinski definition) is 0. The third-order valence-corrected chi connectivity index (χ3v) is 11.3. The summed E-state index contributed by atoms with van der Waals surface area (Å²) in [6.45, 7) is 6.56. The minimum atomic E-state index is -5.28. The molecule has 2 fully saturated rings. The molecule has 15 heteroatoms. The van der Waals surface area contributed by atoms with Gasteiger partial charge in [0.1, 0.15) is 35.4 Å². The number of aromatic nitrogens is 1. The molecule has 0 bridgehead atoms. The minimum Gasteiger partial charge on any atom is -0.403 e. The molecule has 0 spiro atoms. The maximum atomic E-state index is 14.1. The molecule has 3 aromatic rings. The van der Waals surface area contributed by atoms with Gasteiger partial charge in [0.05, 0.1) is 19.0 Å². The van der Waals surface area contributed by atoms with Crippen LogP contribution in [0.5, 0.6) is 0 Å². The van der Waals surface area contributed by atoms with Crippen LogP contribution in [0.15, 0.2) is 44.4 Å². The van der Waals surface area contributed by atoms with Crippen molar-refractivity contribution in [3.8, 4) is 0 Å². The number of thiophene rings is 1. The molecule has 0 saturated carbocycles. The molecule has 232 valence electrons. The van der Waals surface area contributed by atoms with E-state index in [-0.39, 0.29) is 53.6 Å². The van der Waals surface area contributed by atoms with Gasteiger partial charge in [-0.05, 0) is 55.6 Å². The highest BCUT2D eigenvalue weighted by Gasteiger charge is 2.60. The number of rotatable bonds is 7. The van der Waals surface area contributed by atoms with Crippen LogP contribution in [0.2, 0.25) is 0 Å². The van der Waals surface area contributed by atoms with Gasteiger partial charge in [0, 0.05) is 18.2 Å². The number of hydrogen-bond acceptors (Lipinski definition) is 8. The zero-order valence-electron chi connectivity index (χ0n) is 24.0. The van der Waals surface area contributed by atoms with E-state index in [0.29, 0.717) is 12.1 Å². The predicted octanol–water partition coefficient (Wildman–Crippen LogP) is 4.04. The average Bonchev–Trinajstić information content (AvgIpc) is 3.70. The van der Waals surface area contributed by atoms with Crippen LogP contribution < -0.4 is 4.48 Å². The lowest BCUT2D eigenvalue weighted by Crippen LogP contribution is -2.73. The number of amides is 1. The normalized spacial score (nSPS) is 25.2. The molecular weight excluding hydrogens is 609 g/mol. The van der Waals surface area contributed by atoms with Crippen molar-refractivity contribution in [2.24, 2.45) is 0 Å². The molecule has 2 saturated heterocycles. The van der Waals surface area contributed by atoms with Crippen molar-refractivity contribution >= 4 is 39.4 Å². The van der Waals surface area contributed by atoms with Crippen molar-refractivity contribution in [2.75, 3.05) is 32.7 Å². The van der Waals surface area contributed by atoms with E-state index in [0.717, 1.165) is 16.7 Å². The highest BCUT2D eigenvalue weighted by Crippen LogP contribution is 2.46. The molecule has 5 rings (SSSR count). The van der Waals surface area contributed by atoms with Crippen LogP contribution in [0.25, 0.3) is 0 Å². The van der Waals surface area contributed by atoms with E-state index in [1.54, 1.807) is 0 Å². The van der Waals surface area contributed by atoms with Crippen LogP contribution in [0.3, 0.4) is 0 Å². The molecule has 2 aromatic heterocycles. The highest BCUT2D eigenvalue weighted by atomic mass is 32.2. The van der Waals surface area contributed by atoms with Crippen molar-refractivity contribution in [1.29, 1.82) is 0 Å². The molecule has 1 unspecified atom stereocenters. The summed E-state index contributed by atoms with van der Waals surface area (Å²) in [5.41, 5.74) is 3.17. The first-order chi connectivity index (χ1) is 20.2. The summed E-state index contributed by atoms with van der Waals surface area (Å²) in [6.07, 6.45) is -6.23. The molecular formula is C28H32F3N4O6S2+. The number of benzene rings is 1. The Labute approximate surface area is 251 Å². The Morgan fingerprint density at radius 1 is 1.16 bits per heavy atom. The number of alkyl halides is 3. The van der Waals surface area contributed by atoms with E-state index in [2.05, 4.69) is 5.16 Å². The van der Waals surface area contributed by atoms with Crippen molar-refractivity contribution in [2.45, 2.75) is 57.0 Å². The summed E-state index contributed by atoms with van der Waals surface area (Å²) in [6, 6.07) is 6.73. The van der Waals surface area contributed by atoms with Crippen molar-refractivity contribution < 1.29 is 40.4 Å². The molecule has 0 aliphatic carbocycles. The Hall–Kier alpha value is -3.27. The Morgan fingerprint density at radius 2 is 1.91 bits per heavy atom. The fourth-order valence-electron chi connectivity index (χ4n) is 6.49. The van der Waals surface area contributed by atoms with Crippen LogP contribution >= 0.6 is 11.3 Å². The zero-order valence-corrected chi connectivity index (χ0v) is 25.6. The Morgan fingerprint density at radius 3 is 2.51 bits per heavy atom. The van der Waals surface area contributed by atoms with Gasteiger partial charge in [-0.25, -0.2) is 17.7 Å². The number of aryl methyl sites for hydroxylation is 4. The molecule has 0 N–H and O–H groups in total. The van der Waals surface area contributed by atoms with E-state index in [9.17, 15) is 31.2 Å². The summed E-state index contributed by atoms with van der Waals surface area (Å²) in [5.74, 6) is -2.73. The molecule has 1 amide bonds. The average molecular weight is 642 g/mol. The number of carbonyl (C=O) groups excluding carboxylic acids is 2. The number of ether oxygens (including phenoxy) is 1. The van der Waals surface area contributed by atoms with Gasteiger partial charge in [-0.15, -0.1) is 0 Å². The molecule has 43 heavy (non-hydrogen) atoms. The second-order valence-electron chi connectivity index (χ2n) is 11.1. The van der Waals surface area contributed by atoms with Crippen LogP contribution in [0.4, 0.5) is 18.9 Å². The van der Waals surface area contributed by atoms with Crippen molar-refractivity contribution in [3.63, 3.8) is 0 Å². The van der Waals surface area contributed by atoms with Crippen molar-refractivity contribution in [1.82, 2.24) is 18.8 Å². The maximum absolute atomic E-state index is 14.1. The number of quaternary nitrogens is 1. The lowest BCUT2D eigenvalue weighted by molar-refractivity contribution is -0.217. The highest BCUT2D eigenvalue weighted by molar-refractivity contribution is 7.89. The second-order valence-corrected chi connectivity index (χ2v) is 13.8. The van der Waals surface area contributed by atoms with Crippen LogP contribution in [0, 0.1) is 27.7 Å². The summed E-state index contributed by atoms with van der Waals surface area (Å²) in [4.78, 5) is 25.5. The van der Waals surface area contributed by atoms with Gasteiger partial charge in [0.15, 0.2) is 5.76 Å². The van der Waals surface area contributed by atoms with E-state index in [1.165, 1.54) is 34.4 Å². The van der Waals surface area contributed by atoms with E-state index < -0.39 is 40.4 Å². The van der Waals surface area contributed by atoms with Gasteiger partial charge in [-0.1, -0.05) is 17.3 Å². The standard InChI is InChI=1S/C28H32F3N4O6S2/c1-17-5-6-18(2)23(11-17)35(9-8-33(16-36)14-25(35)40-27(37)28(29,30)31)24-13-34(12-22(24)21-7-10-42-15-21)43(38,39)26-19(3)32-41-20(26)4/h5-7,10-11,15-16,22,24-25H,8-9,12-14H2,1-4H3/q+1/t22-,24+,25?,35+/m1/s1. The van der Waals surface area contributed by atoms with Crippen LogP contribution in [0.1, 0.15) is 34.1 Å². The van der Waals surface area contributed by atoms with Gasteiger partial charge < -0.3 is 14.2 Å². The number of halogens is 3. The Kier molecular flexibility index (Phi) is 8.22. The maximum Gasteiger partial charge on any atom is 0.491 e. The quantitative estimate of drug-likeness (QED) is 0.218. The lowest BCUT2D eigenvalue weighted by atomic mass is 9.90. The molecule has 1 aromatic carbocycles. The fourth-order valence-corrected chi connectivity index (χ4v) is 8.99. The van der Waals surface area contributed by atoms with Crippen molar-refractivity contribution in [3.05, 3.63) is 63.2 Å². The zero-order chi connectivity index (χ0) is 31.3. The fraction of sp³-hybridized carbons (Fsp3) is 0.464. The number of nitrogens with zero attached hydrogens (tertiary/aromatic N) is 4. The first-order valence-electron chi connectivity index (χ1n) is 13.6. The van der Waals surface area contributed by atoms with Crippen LogP contribution in [-0.4, -0.2) is 86.3 Å². The smallest absolute Gasteiger partial charge is 0.403 e. The Balaban J connectivity index is 1.73. The van der Waals surface area contributed by atoms with E-state index in [4.69, 9.17) is 9.26 Å². The first kappa shape index (κ1) is 31.2. The summed E-state index contributed by atoms with van der Waals surface area (Å²) < 4.78 is 80.5. The molecule has 4 atom stereocenters. The number of carbonyl (C=O) groups is 2. The monoisotopic (exact) mass is 641 g/mol. The third-order valence-electron chi connectivity index (χ3n) is 8.48. The van der Waals surface area contributed by atoms with Gasteiger partial charge in [-0.2, -0.15) is 28.8 Å². The van der Waals surface area contributed by atoms with Gasteiger partial charge in [0.2, 0.25) is 16.4 Å². The first-order valence-corrected chi connectivity index (χ1v) is 16.0. The predicted molar refractivity (Wildman–Crippen MR) is 152 cm³/mol. The van der Waals surface area contributed by atoms with E-state index >= 15 is 0 Å². The molecule has 4 heterocycles. The van der Waals surface area contributed by atoms with Gasteiger partial charge in [0.25, 0.3) is 6.23 Å². The minimum absolute atomic E-state index is 0.0238. The summed E-state index contributed by atoms with van der Waals surface area (Å²) in [5, 5.41) is 7.56. The lowest BCUT2D eigenvalue weighted by Gasteiger charge is -2.53. The summed E-state index contributed by atoms with van der Waals surface area (Å²) >= 11 is 1.42. The van der Waals surface area contributed by atoms with Gasteiger partial charge >= 0.3 is 12.1 Å². The molecule has 0 radical (unpaired) electrons. The second kappa shape index (κ2) is 11.3. The molecule has 2 aliphatic heterocycles. The third kappa shape index (κ3) is 5.47. The molecule has 10 nitrogen and oxygen atoms in total. The van der Waals surface area contributed by atoms with Gasteiger partial charge in [-0.3, -0.25) is 4.79 Å². The topological polar surface area (TPSA) is 110 Å². The van der Waals surface area contributed by atoms with Crippen LogP contribution in [-0.2, 0) is 24.3 Å². The SMILES string of the molecule is Cc1ccc(C)c([N@+]2([C@H]3CN(S(=O)(=O)c4c(C)noc4C)C[C@@H]3c3ccsc3)CCN(C=O)CC2OC(=O)C(F)(F)F)c1. The number of piperazine rings is 1. The largest absolute Gasteiger partial charge is 0.491 e. The van der Waals surface area contributed by atoms with E-state index in [1.807, 2.05) is 48.9 Å². The number of esters is 1. The molecule has 2 aliphatic rings. The Bertz CT molecular complexity index is 1610.